The van der Waals surface area contributed by atoms with Crippen LogP contribution in [0, 0.1) is 10.5 Å². The lowest BCUT2D eigenvalue weighted by molar-refractivity contribution is 0.167. The highest BCUT2D eigenvalue weighted by molar-refractivity contribution is 8.07. The molecule has 2 nitrogen and oxygen atoms in total. The molecule has 0 unspecified atom stereocenters. The Morgan fingerprint density at radius 3 is 1.61 bits per heavy atom. The fourth-order valence-electron chi connectivity index (χ4n) is 0.995. The summed E-state index contributed by atoms with van der Waals surface area (Å²) in [4.78, 5) is 0. The minimum absolute atomic E-state index is 0.784. The summed E-state index contributed by atoms with van der Waals surface area (Å²) in [6.45, 7) is 3.19. The molecule has 1 rings (SSSR count). The minimum Gasteiger partial charge on any atom is -0.380 e. The van der Waals surface area contributed by atoms with E-state index in [2.05, 4.69) is 21.3 Å². The van der Waals surface area contributed by atoms with Crippen molar-refractivity contribution in [1.29, 1.82) is 0 Å². The molecule has 1 aliphatic heterocycles. The van der Waals surface area contributed by atoms with Crippen molar-refractivity contribution in [1.82, 2.24) is 0 Å². The highest BCUT2D eigenvalue weighted by Crippen LogP contribution is 2.09. The van der Waals surface area contributed by atoms with E-state index in [1.807, 2.05) is 0 Å². The van der Waals surface area contributed by atoms with Crippen molar-refractivity contribution >= 4 is 47.0 Å². The summed E-state index contributed by atoms with van der Waals surface area (Å²) in [5.41, 5.74) is 0. The van der Waals surface area contributed by atoms with E-state index in [1.165, 1.54) is 0 Å². The first kappa shape index (κ1) is 16.7. The van der Waals surface area contributed by atoms with Crippen molar-refractivity contribution < 1.29 is 9.47 Å². The Morgan fingerprint density at radius 2 is 1.11 bits per heavy atom. The molecular weight excluding hydrogens is 304 g/mol. The maximum Gasteiger partial charge on any atom is 0.0566 e. The predicted octanol–water partition coefficient (Wildman–Crippen LogP) is 3.36. The SMILES string of the molecule is C1#CSCCOCCS/C=C\SCCOCCS1. The van der Waals surface area contributed by atoms with Crippen molar-refractivity contribution in [3.63, 3.8) is 0 Å². The fraction of sp³-hybridized carbons (Fsp3) is 0.667. The molecular formula is C12H18O2S4. The van der Waals surface area contributed by atoms with Gasteiger partial charge in [-0.1, -0.05) is 23.5 Å². The molecule has 0 fully saturated rings. The Hall–Kier alpha value is 0.620. The van der Waals surface area contributed by atoms with Crippen LogP contribution in [0.1, 0.15) is 0 Å². The molecule has 0 amide bonds. The van der Waals surface area contributed by atoms with Gasteiger partial charge in [0.15, 0.2) is 0 Å². The normalized spacial score (nSPS) is 23.1. The highest BCUT2D eigenvalue weighted by atomic mass is 32.2. The van der Waals surface area contributed by atoms with Gasteiger partial charge in [0, 0.05) is 23.0 Å². The van der Waals surface area contributed by atoms with E-state index in [1.54, 1.807) is 47.0 Å². The van der Waals surface area contributed by atoms with Crippen LogP contribution in [0.25, 0.3) is 0 Å². The Kier molecular flexibility index (Phi) is 13.0. The van der Waals surface area contributed by atoms with Crippen LogP contribution in [-0.4, -0.2) is 49.4 Å². The number of ether oxygens (including phenoxy) is 2. The molecule has 0 spiro atoms. The van der Waals surface area contributed by atoms with Crippen LogP contribution in [0.15, 0.2) is 10.8 Å². The molecule has 0 radical (unpaired) electrons. The van der Waals surface area contributed by atoms with E-state index < -0.39 is 0 Å². The van der Waals surface area contributed by atoms with Crippen LogP contribution >= 0.6 is 47.0 Å². The zero-order chi connectivity index (χ0) is 12.7. The van der Waals surface area contributed by atoms with E-state index in [0.29, 0.717) is 0 Å². The maximum atomic E-state index is 5.50. The molecule has 1 heterocycles. The maximum absolute atomic E-state index is 5.50. The summed E-state index contributed by atoms with van der Waals surface area (Å²) in [6.07, 6.45) is 0. The second-order valence-electron chi connectivity index (χ2n) is 3.14. The van der Waals surface area contributed by atoms with Gasteiger partial charge < -0.3 is 9.47 Å². The molecule has 0 saturated carbocycles. The van der Waals surface area contributed by atoms with Gasteiger partial charge in [-0.25, -0.2) is 0 Å². The molecule has 6 heteroatoms. The predicted molar refractivity (Wildman–Crippen MR) is 88.4 cm³/mol. The molecule has 1 aliphatic rings. The Labute approximate surface area is 127 Å². The summed E-state index contributed by atoms with van der Waals surface area (Å²) in [5, 5.41) is 10.4. The molecule has 0 bridgehead atoms. The summed E-state index contributed by atoms with van der Waals surface area (Å²) in [5.74, 6) is 3.92. The lowest BCUT2D eigenvalue weighted by Gasteiger charge is -2.01. The van der Waals surface area contributed by atoms with Gasteiger partial charge in [0.25, 0.3) is 0 Å². The van der Waals surface area contributed by atoms with Gasteiger partial charge in [0.05, 0.1) is 26.4 Å². The van der Waals surface area contributed by atoms with Gasteiger partial charge in [-0.2, -0.15) is 0 Å². The first-order valence-electron chi connectivity index (χ1n) is 5.77. The Morgan fingerprint density at radius 1 is 0.667 bits per heavy atom. The van der Waals surface area contributed by atoms with Crippen molar-refractivity contribution in [3.05, 3.63) is 10.8 Å². The third-order valence-corrected chi connectivity index (χ3v) is 4.78. The molecule has 0 atom stereocenters. The van der Waals surface area contributed by atoms with Gasteiger partial charge in [-0.15, -0.1) is 23.5 Å². The van der Waals surface area contributed by atoms with Gasteiger partial charge in [0.2, 0.25) is 0 Å². The minimum atomic E-state index is 0.784. The molecule has 102 valence electrons. The summed E-state index contributed by atoms with van der Waals surface area (Å²) >= 11 is 6.83. The average molecular weight is 323 g/mol. The molecule has 0 aromatic carbocycles. The highest BCUT2D eigenvalue weighted by Gasteiger charge is 1.91. The van der Waals surface area contributed by atoms with Crippen LogP contribution < -0.4 is 0 Å². The first-order valence-corrected chi connectivity index (χ1v) is 9.84. The largest absolute Gasteiger partial charge is 0.380 e. The third kappa shape index (κ3) is 11.7. The van der Waals surface area contributed by atoms with Crippen LogP contribution in [-0.2, 0) is 9.47 Å². The van der Waals surface area contributed by atoms with Gasteiger partial charge >= 0.3 is 0 Å². The number of hydrogen-bond donors (Lipinski definition) is 0. The average Bonchev–Trinajstić information content (AvgIpc) is 2.39. The van der Waals surface area contributed by atoms with Crippen LogP contribution in [0.2, 0.25) is 0 Å². The Balaban J connectivity index is 2.14. The van der Waals surface area contributed by atoms with E-state index >= 15 is 0 Å². The van der Waals surface area contributed by atoms with Crippen molar-refractivity contribution in [3.8, 4) is 10.5 Å². The lowest BCUT2D eigenvalue weighted by Crippen LogP contribution is -2.01. The van der Waals surface area contributed by atoms with E-state index in [9.17, 15) is 0 Å². The van der Waals surface area contributed by atoms with Crippen molar-refractivity contribution in [2.75, 3.05) is 49.4 Å². The zero-order valence-corrected chi connectivity index (χ0v) is 13.5. The number of rotatable bonds is 0. The summed E-state index contributed by atoms with van der Waals surface area (Å²) in [6, 6.07) is 0. The third-order valence-electron chi connectivity index (χ3n) is 1.78. The second kappa shape index (κ2) is 14.0. The zero-order valence-electron chi connectivity index (χ0n) is 10.3. The smallest absolute Gasteiger partial charge is 0.0566 e. The van der Waals surface area contributed by atoms with Gasteiger partial charge in [-0.3, -0.25) is 0 Å². The monoisotopic (exact) mass is 322 g/mol. The fourth-order valence-corrected chi connectivity index (χ4v) is 3.40. The summed E-state index contributed by atoms with van der Waals surface area (Å²) < 4.78 is 11.0. The number of hydrogen-bond acceptors (Lipinski definition) is 6. The van der Waals surface area contributed by atoms with E-state index in [0.717, 1.165) is 49.4 Å². The van der Waals surface area contributed by atoms with Crippen molar-refractivity contribution in [2.45, 2.75) is 0 Å². The molecule has 0 aromatic heterocycles. The second-order valence-corrected chi connectivity index (χ2v) is 6.97. The van der Waals surface area contributed by atoms with Crippen LogP contribution in [0.5, 0.6) is 0 Å². The van der Waals surface area contributed by atoms with Gasteiger partial charge in [-0.05, 0) is 21.3 Å². The van der Waals surface area contributed by atoms with Crippen LogP contribution in [0.3, 0.4) is 0 Å². The molecule has 0 saturated heterocycles. The quantitative estimate of drug-likeness (QED) is 0.632. The molecule has 18 heavy (non-hydrogen) atoms. The Bertz CT molecular complexity index is 249. The van der Waals surface area contributed by atoms with Gasteiger partial charge in [0.1, 0.15) is 0 Å². The summed E-state index contributed by atoms with van der Waals surface area (Å²) in [7, 11) is 0. The first-order chi connectivity index (χ1) is 9.00. The standard InChI is InChI=1S/C12H18O2S4/c1-5-15-9-10-17-7-3-14-4-8-18-12-11-16-6-2-13-1/h9-10H,1-8H2/b10-9-. The van der Waals surface area contributed by atoms with Crippen LogP contribution in [0.4, 0.5) is 0 Å². The van der Waals surface area contributed by atoms with E-state index in [4.69, 9.17) is 9.47 Å². The number of thioether (sulfide) groups is 4. The topological polar surface area (TPSA) is 18.5 Å². The van der Waals surface area contributed by atoms with Crippen molar-refractivity contribution in [2.24, 2.45) is 0 Å². The molecule has 0 aromatic rings. The lowest BCUT2D eigenvalue weighted by atomic mass is 10.8. The molecule has 0 N–H and O–H groups in total. The molecule has 0 aliphatic carbocycles. The van der Waals surface area contributed by atoms with E-state index in [-0.39, 0.29) is 0 Å².